The lowest BCUT2D eigenvalue weighted by atomic mass is 10.1. The Morgan fingerprint density at radius 2 is 1.53 bits per heavy atom. The van der Waals surface area contributed by atoms with Crippen LogP contribution in [0.2, 0.25) is 0 Å². The number of carbonyl (C=O) groups excluding carboxylic acids is 1. The molecule has 2 aromatic heterocycles. The van der Waals surface area contributed by atoms with Crippen LogP contribution in [0.15, 0.2) is 66.7 Å². The average Bonchev–Trinajstić information content (AvgIpc) is 3.28. The Balaban J connectivity index is 1.38. The summed E-state index contributed by atoms with van der Waals surface area (Å²) in [6.45, 7) is 2.96. The fourth-order valence-electron chi connectivity index (χ4n) is 4.01. The Hall–Kier alpha value is -3.79. The Morgan fingerprint density at radius 3 is 2.18 bits per heavy atom. The molecule has 1 aliphatic rings. The molecule has 7 nitrogen and oxygen atoms in total. The fraction of sp³-hybridized carbons (Fsp3) is 0.250. The minimum Gasteiger partial charge on any atom is -0.333 e. The van der Waals surface area contributed by atoms with Crippen LogP contribution < -0.4 is 0 Å². The van der Waals surface area contributed by atoms with Crippen molar-refractivity contribution < 1.29 is 18.0 Å². The van der Waals surface area contributed by atoms with Gasteiger partial charge in [0.1, 0.15) is 0 Å². The Labute approximate surface area is 193 Å². The molecule has 0 atom stereocenters. The third-order valence-electron chi connectivity index (χ3n) is 5.77. The van der Waals surface area contributed by atoms with Crippen LogP contribution in [0.25, 0.3) is 17.0 Å². The molecule has 174 valence electrons. The molecule has 2 aromatic carbocycles. The first-order chi connectivity index (χ1) is 16.4. The largest absolute Gasteiger partial charge is 0.433 e. The lowest BCUT2D eigenvalue weighted by Gasteiger charge is -2.34. The molecule has 10 heteroatoms. The van der Waals surface area contributed by atoms with Crippen LogP contribution in [0.3, 0.4) is 0 Å². The Kier molecular flexibility index (Phi) is 5.74. The molecule has 0 saturated carbocycles. The zero-order valence-electron chi connectivity index (χ0n) is 18.1. The number of alkyl halides is 3. The van der Waals surface area contributed by atoms with Gasteiger partial charge in [-0.3, -0.25) is 9.69 Å². The normalized spacial score (nSPS) is 15.1. The second kappa shape index (κ2) is 8.86. The van der Waals surface area contributed by atoms with E-state index in [0.29, 0.717) is 36.3 Å². The second-order valence-corrected chi connectivity index (χ2v) is 8.09. The van der Waals surface area contributed by atoms with Crippen molar-refractivity contribution in [3.05, 3.63) is 83.8 Å². The molecule has 0 spiro atoms. The highest BCUT2D eigenvalue weighted by atomic mass is 19.4. The summed E-state index contributed by atoms with van der Waals surface area (Å²) < 4.78 is 42.0. The zero-order chi connectivity index (χ0) is 23.7. The number of piperazine rings is 1. The zero-order valence-corrected chi connectivity index (χ0v) is 18.1. The second-order valence-electron chi connectivity index (χ2n) is 8.09. The van der Waals surface area contributed by atoms with E-state index in [1.807, 2.05) is 30.3 Å². The van der Waals surface area contributed by atoms with Crippen molar-refractivity contribution in [3.8, 4) is 11.3 Å². The first kappa shape index (κ1) is 22.0. The lowest BCUT2D eigenvalue weighted by Crippen LogP contribution is -2.48. The van der Waals surface area contributed by atoms with E-state index in [-0.39, 0.29) is 17.3 Å². The molecule has 1 aliphatic heterocycles. The van der Waals surface area contributed by atoms with Crippen LogP contribution in [-0.2, 0) is 12.7 Å². The van der Waals surface area contributed by atoms with E-state index in [0.717, 1.165) is 12.6 Å². The number of aromatic nitrogens is 4. The van der Waals surface area contributed by atoms with Crippen molar-refractivity contribution in [1.82, 2.24) is 29.4 Å². The lowest BCUT2D eigenvalue weighted by molar-refractivity contribution is -0.142. The van der Waals surface area contributed by atoms with Gasteiger partial charge in [0.15, 0.2) is 5.69 Å². The fourth-order valence-corrected chi connectivity index (χ4v) is 4.01. The number of nitrogens with zero attached hydrogens (tertiary/aromatic N) is 6. The molecule has 0 unspecified atom stereocenters. The first-order valence-electron chi connectivity index (χ1n) is 10.8. The maximum Gasteiger partial charge on any atom is 0.433 e. The molecule has 0 bridgehead atoms. The third-order valence-corrected chi connectivity index (χ3v) is 5.77. The van der Waals surface area contributed by atoms with Gasteiger partial charge in [-0.25, -0.2) is 4.98 Å². The van der Waals surface area contributed by atoms with Crippen LogP contribution in [0.5, 0.6) is 0 Å². The van der Waals surface area contributed by atoms with Crippen LogP contribution in [-0.4, -0.2) is 61.5 Å². The molecule has 0 N–H and O–H groups in total. The standard InChI is InChI=1S/C24H21F3N6O/c25-24(26,27)20-15-19(18-9-5-2-6-10-18)28-23-29-21(30-33(20)23)22(34)32-13-11-31(12-14-32)16-17-7-3-1-4-8-17/h1-10,15H,11-14,16H2. The Morgan fingerprint density at radius 1 is 0.882 bits per heavy atom. The third kappa shape index (κ3) is 4.49. The molecule has 1 amide bonds. The van der Waals surface area contributed by atoms with Crippen LogP contribution in [0.1, 0.15) is 21.9 Å². The van der Waals surface area contributed by atoms with E-state index >= 15 is 0 Å². The number of hydrogen-bond donors (Lipinski definition) is 0. The Bertz CT molecular complexity index is 1300. The van der Waals surface area contributed by atoms with Crippen molar-refractivity contribution >= 4 is 11.7 Å². The molecule has 0 radical (unpaired) electrons. The quantitative estimate of drug-likeness (QED) is 0.458. The van der Waals surface area contributed by atoms with Crippen molar-refractivity contribution in [2.24, 2.45) is 0 Å². The van der Waals surface area contributed by atoms with Crippen molar-refractivity contribution in [2.45, 2.75) is 12.7 Å². The summed E-state index contributed by atoms with van der Waals surface area (Å²) in [6, 6.07) is 19.5. The van der Waals surface area contributed by atoms with Crippen molar-refractivity contribution in [2.75, 3.05) is 26.2 Å². The monoisotopic (exact) mass is 466 g/mol. The van der Waals surface area contributed by atoms with Gasteiger partial charge < -0.3 is 4.90 Å². The number of benzene rings is 2. The molecular weight excluding hydrogens is 445 g/mol. The van der Waals surface area contributed by atoms with Gasteiger partial charge in [0.2, 0.25) is 5.82 Å². The van der Waals surface area contributed by atoms with Crippen LogP contribution in [0.4, 0.5) is 13.2 Å². The highest BCUT2D eigenvalue weighted by Crippen LogP contribution is 2.32. The number of carbonyl (C=O) groups is 1. The topological polar surface area (TPSA) is 66.6 Å². The number of fused-ring (bicyclic) bond motifs is 1. The predicted octanol–water partition coefficient (Wildman–Crippen LogP) is 3.77. The van der Waals surface area contributed by atoms with Gasteiger partial charge in [-0.15, -0.1) is 5.10 Å². The summed E-state index contributed by atoms with van der Waals surface area (Å²) >= 11 is 0. The predicted molar refractivity (Wildman–Crippen MR) is 119 cm³/mol. The van der Waals surface area contributed by atoms with Crippen molar-refractivity contribution in [3.63, 3.8) is 0 Å². The summed E-state index contributed by atoms with van der Waals surface area (Å²) in [4.78, 5) is 25.1. The maximum atomic E-state index is 13.8. The summed E-state index contributed by atoms with van der Waals surface area (Å²) in [5, 5.41) is 3.89. The number of halogens is 3. The summed E-state index contributed by atoms with van der Waals surface area (Å²) in [7, 11) is 0. The van der Waals surface area contributed by atoms with E-state index in [9.17, 15) is 18.0 Å². The van der Waals surface area contributed by atoms with Gasteiger partial charge in [0.05, 0.1) is 5.69 Å². The van der Waals surface area contributed by atoms with Crippen LogP contribution >= 0.6 is 0 Å². The number of amides is 1. The van der Waals surface area contributed by atoms with E-state index in [1.54, 1.807) is 35.2 Å². The van der Waals surface area contributed by atoms with Gasteiger partial charge in [-0.05, 0) is 11.6 Å². The highest BCUT2D eigenvalue weighted by Gasteiger charge is 2.36. The molecule has 3 heterocycles. The molecule has 4 aromatic rings. The summed E-state index contributed by atoms with van der Waals surface area (Å²) in [5.74, 6) is -1.06. The van der Waals surface area contributed by atoms with Crippen molar-refractivity contribution in [1.29, 1.82) is 0 Å². The minimum atomic E-state index is -4.69. The smallest absolute Gasteiger partial charge is 0.333 e. The minimum absolute atomic E-state index is 0.112. The number of hydrogen-bond acceptors (Lipinski definition) is 5. The van der Waals surface area contributed by atoms with E-state index in [4.69, 9.17) is 0 Å². The van der Waals surface area contributed by atoms with Gasteiger partial charge in [-0.1, -0.05) is 60.7 Å². The molecule has 1 saturated heterocycles. The van der Waals surface area contributed by atoms with E-state index in [2.05, 4.69) is 20.0 Å². The van der Waals surface area contributed by atoms with Gasteiger partial charge >= 0.3 is 6.18 Å². The number of rotatable bonds is 4. The van der Waals surface area contributed by atoms with E-state index < -0.39 is 17.8 Å². The average molecular weight is 466 g/mol. The molecule has 34 heavy (non-hydrogen) atoms. The van der Waals surface area contributed by atoms with Crippen LogP contribution in [0, 0.1) is 0 Å². The van der Waals surface area contributed by atoms with Gasteiger partial charge in [0, 0.05) is 38.3 Å². The maximum absolute atomic E-state index is 13.8. The summed E-state index contributed by atoms with van der Waals surface area (Å²) in [5.41, 5.74) is 0.780. The SMILES string of the molecule is O=C(c1nc2nc(-c3ccccc3)cc(C(F)(F)F)n2n1)N1CCN(Cc2ccccc2)CC1. The summed E-state index contributed by atoms with van der Waals surface area (Å²) in [6.07, 6.45) is -4.69. The van der Waals surface area contributed by atoms with Gasteiger partial charge in [-0.2, -0.15) is 22.7 Å². The van der Waals surface area contributed by atoms with E-state index in [1.165, 1.54) is 5.56 Å². The molecule has 5 rings (SSSR count). The highest BCUT2D eigenvalue weighted by molar-refractivity contribution is 5.91. The molecular formula is C24H21F3N6O. The molecule has 1 fully saturated rings. The first-order valence-corrected chi connectivity index (χ1v) is 10.8. The van der Waals surface area contributed by atoms with Gasteiger partial charge in [0.25, 0.3) is 11.7 Å². The molecule has 0 aliphatic carbocycles.